The quantitative estimate of drug-likeness (QED) is 0.368. The van der Waals surface area contributed by atoms with Crippen LogP contribution >= 0.6 is 45.8 Å². The fraction of sp³-hybridized carbons (Fsp3) is 0.368. The first kappa shape index (κ1) is 22.2. The van der Waals surface area contributed by atoms with Crippen LogP contribution in [0.5, 0.6) is 0 Å². The zero-order valence-electron chi connectivity index (χ0n) is 16.7. The average molecular weight is 497 g/mol. The normalized spacial score (nSPS) is 13.9. The maximum atomic E-state index is 12.6. The van der Waals surface area contributed by atoms with E-state index in [9.17, 15) is 9.59 Å². The molecule has 0 saturated carbocycles. The second kappa shape index (κ2) is 10.6. The summed E-state index contributed by atoms with van der Waals surface area (Å²) in [5.74, 6) is -0.473. The molecule has 3 aromatic rings. The third-order valence-electron chi connectivity index (χ3n) is 4.31. The topological polar surface area (TPSA) is 93.6 Å². The van der Waals surface area contributed by atoms with Crippen molar-refractivity contribution < 1.29 is 19.1 Å². The first-order valence-electron chi connectivity index (χ1n) is 9.57. The number of hydrogen-bond acceptors (Lipinski definition) is 11. The highest BCUT2D eigenvalue weighted by Gasteiger charge is 2.23. The first-order valence-corrected chi connectivity index (χ1v) is 13.1. The van der Waals surface area contributed by atoms with Crippen LogP contribution in [0, 0.1) is 0 Å². The van der Waals surface area contributed by atoms with Gasteiger partial charge in [0.1, 0.15) is 10.6 Å². The highest BCUT2D eigenvalue weighted by atomic mass is 32.2. The van der Waals surface area contributed by atoms with Gasteiger partial charge in [0.2, 0.25) is 11.0 Å². The second-order valence-electron chi connectivity index (χ2n) is 6.34. The Morgan fingerprint density at radius 3 is 2.87 bits per heavy atom. The van der Waals surface area contributed by atoms with E-state index in [-0.39, 0.29) is 18.3 Å². The molecule has 1 N–H and O–H groups in total. The lowest BCUT2D eigenvalue weighted by Gasteiger charge is -2.25. The Balaban J connectivity index is 1.40. The molecule has 1 saturated heterocycles. The predicted molar refractivity (Wildman–Crippen MR) is 126 cm³/mol. The Hall–Kier alpha value is -1.99. The molecular formula is C19H20N4O4S4. The lowest BCUT2D eigenvalue weighted by atomic mass is 10.1. The third-order valence-corrected chi connectivity index (χ3v) is 8.23. The number of ether oxygens (including phenoxy) is 2. The first-order chi connectivity index (χ1) is 15.2. The van der Waals surface area contributed by atoms with Gasteiger partial charge >= 0.3 is 5.97 Å². The molecule has 0 spiro atoms. The summed E-state index contributed by atoms with van der Waals surface area (Å²) < 4.78 is 11.3. The molecule has 0 bridgehead atoms. The van der Waals surface area contributed by atoms with Gasteiger partial charge in [0.15, 0.2) is 4.34 Å². The van der Waals surface area contributed by atoms with Crippen molar-refractivity contribution in [2.75, 3.05) is 48.9 Å². The van der Waals surface area contributed by atoms with Crippen LogP contribution in [0.4, 0.5) is 10.1 Å². The summed E-state index contributed by atoms with van der Waals surface area (Å²) in [4.78, 5) is 28.2. The Morgan fingerprint density at radius 2 is 2.13 bits per heavy atom. The van der Waals surface area contributed by atoms with Crippen molar-refractivity contribution in [2.24, 2.45) is 0 Å². The van der Waals surface area contributed by atoms with Crippen LogP contribution in [0.2, 0.25) is 0 Å². The molecule has 3 aromatic heterocycles. The molecule has 12 heteroatoms. The van der Waals surface area contributed by atoms with Crippen LogP contribution in [0.1, 0.15) is 17.3 Å². The van der Waals surface area contributed by atoms with Crippen molar-refractivity contribution in [3.8, 4) is 10.4 Å². The van der Waals surface area contributed by atoms with E-state index >= 15 is 0 Å². The number of carbonyl (C=O) groups excluding carboxylic acids is 2. The summed E-state index contributed by atoms with van der Waals surface area (Å²) in [6, 6.07) is 3.87. The summed E-state index contributed by atoms with van der Waals surface area (Å²) in [6.07, 6.45) is 0. The summed E-state index contributed by atoms with van der Waals surface area (Å²) >= 11 is 5.65. The smallest absolute Gasteiger partial charge is 0.341 e. The fourth-order valence-corrected chi connectivity index (χ4v) is 6.38. The SMILES string of the molecule is CCOC(=O)c1c(-c2cccs2)csc1NC(=O)CSc1nnc(N2CCOCC2)s1. The molecule has 0 radical (unpaired) electrons. The van der Waals surface area contributed by atoms with E-state index in [0.717, 1.165) is 33.0 Å². The number of hydrogen-bond donors (Lipinski definition) is 1. The zero-order chi connectivity index (χ0) is 21.6. The molecule has 1 amide bonds. The van der Waals surface area contributed by atoms with E-state index in [1.54, 1.807) is 6.92 Å². The second-order valence-corrected chi connectivity index (χ2v) is 10.3. The molecule has 0 atom stereocenters. The minimum atomic E-state index is -0.436. The van der Waals surface area contributed by atoms with Crippen LogP contribution in [0.3, 0.4) is 0 Å². The van der Waals surface area contributed by atoms with Crippen LogP contribution in [0.25, 0.3) is 10.4 Å². The van der Waals surface area contributed by atoms with Crippen molar-refractivity contribution in [3.63, 3.8) is 0 Å². The number of thioether (sulfide) groups is 1. The van der Waals surface area contributed by atoms with Crippen molar-refractivity contribution in [3.05, 3.63) is 28.5 Å². The van der Waals surface area contributed by atoms with Crippen molar-refractivity contribution in [2.45, 2.75) is 11.3 Å². The van der Waals surface area contributed by atoms with E-state index in [4.69, 9.17) is 9.47 Å². The lowest BCUT2D eigenvalue weighted by molar-refractivity contribution is -0.113. The Bertz CT molecular complexity index is 1030. The lowest BCUT2D eigenvalue weighted by Crippen LogP contribution is -2.36. The van der Waals surface area contributed by atoms with E-state index in [0.29, 0.717) is 23.8 Å². The molecule has 0 aromatic carbocycles. The number of amides is 1. The van der Waals surface area contributed by atoms with Gasteiger partial charge in [-0.2, -0.15) is 0 Å². The van der Waals surface area contributed by atoms with E-state index in [1.165, 1.54) is 45.8 Å². The van der Waals surface area contributed by atoms with Gasteiger partial charge in [0.25, 0.3) is 0 Å². The summed E-state index contributed by atoms with van der Waals surface area (Å²) in [6.45, 7) is 4.98. The number of rotatable bonds is 8. The van der Waals surface area contributed by atoms with Gasteiger partial charge in [0, 0.05) is 28.9 Å². The minimum absolute atomic E-state index is 0.173. The Morgan fingerprint density at radius 1 is 1.29 bits per heavy atom. The average Bonchev–Trinajstić information content (AvgIpc) is 3.53. The third kappa shape index (κ3) is 5.44. The van der Waals surface area contributed by atoms with Crippen LogP contribution in [-0.2, 0) is 14.3 Å². The number of aromatic nitrogens is 2. The van der Waals surface area contributed by atoms with Gasteiger partial charge < -0.3 is 19.7 Å². The van der Waals surface area contributed by atoms with Crippen LogP contribution < -0.4 is 10.2 Å². The molecule has 0 aliphatic carbocycles. The van der Waals surface area contributed by atoms with Gasteiger partial charge in [-0.1, -0.05) is 29.2 Å². The predicted octanol–water partition coefficient (Wildman–Crippen LogP) is 4.07. The van der Waals surface area contributed by atoms with Gasteiger partial charge in [-0.05, 0) is 18.4 Å². The molecule has 1 aliphatic heterocycles. The maximum absolute atomic E-state index is 12.6. The molecule has 4 rings (SSSR count). The highest BCUT2D eigenvalue weighted by Crippen LogP contribution is 2.38. The van der Waals surface area contributed by atoms with E-state index in [1.807, 2.05) is 22.9 Å². The fourth-order valence-electron chi connectivity index (χ4n) is 2.90. The van der Waals surface area contributed by atoms with Crippen molar-refractivity contribution in [1.29, 1.82) is 0 Å². The largest absolute Gasteiger partial charge is 0.462 e. The van der Waals surface area contributed by atoms with Gasteiger partial charge in [-0.25, -0.2) is 4.79 Å². The van der Waals surface area contributed by atoms with Gasteiger partial charge in [-0.15, -0.1) is 32.9 Å². The van der Waals surface area contributed by atoms with Gasteiger partial charge in [0.05, 0.1) is 25.6 Å². The van der Waals surface area contributed by atoms with Gasteiger partial charge in [-0.3, -0.25) is 4.79 Å². The number of carbonyl (C=O) groups is 2. The molecule has 1 aliphatic rings. The molecule has 1 fully saturated rings. The standard InChI is InChI=1S/C19H20N4O4S4/c1-2-27-17(25)15-12(13-4-3-9-28-13)10-29-16(15)20-14(24)11-30-19-22-21-18(31-19)23-5-7-26-8-6-23/h3-4,9-10H,2,5-8,11H2,1H3,(H,20,24). The van der Waals surface area contributed by atoms with E-state index < -0.39 is 5.97 Å². The Kier molecular flexibility index (Phi) is 7.56. The number of nitrogens with zero attached hydrogens (tertiary/aromatic N) is 3. The molecule has 4 heterocycles. The highest BCUT2D eigenvalue weighted by molar-refractivity contribution is 8.01. The molecule has 0 unspecified atom stereocenters. The van der Waals surface area contributed by atoms with Crippen molar-refractivity contribution >= 4 is 67.8 Å². The number of nitrogens with one attached hydrogen (secondary N) is 1. The van der Waals surface area contributed by atoms with E-state index in [2.05, 4.69) is 20.4 Å². The number of morpholine rings is 1. The number of anilines is 2. The molecular weight excluding hydrogens is 477 g/mol. The van der Waals surface area contributed by atoms with Crippen LogP contribution in [-0.4, -0.2) is 60.7 Å². The summed E-state index contributed by atoms with van der Waals surface area (Å²) in [7, 11) is 0. The van der Waals surface area contributed by atoms with Crippen LogP contribution in [0.15, 0.2) is 27.2 Å². The summed E-state index contributed by atoms with van der Waals surface area (Å²) in [5.41, 5.74) is 1.18. The Labute approximate surface area is 195 Å². The minimum Gasteiger partial charge on any atom is -0.462 e. The molecule has 164 valence electrons. The molecule has 31 heavy (non-hydrogen) atoms. The van der Waals surface area contributed by atoms with Crippen molar-refractivity contribution in [1.82, 2.24) is 10.2 Å². The monoisotopic (exact) mass is 496 g/mol. The number of esters is 1. The summed E-state index contributed by atoms with van der Waals surface area (Å²) in [5, 5.41) is 16.4. The zero-order valence-corrected chi connectivity index (χ0v) is 19.9. The number of thiophene rings is 2. The molecule has 8 nitrogen and oxygen atoms in total. The maximum Gasteiger partial charge on any atom is 0.341 e.